The molecule has 0 aliphatic heterocycles. The van der Waals surface area contributed by atoms with Crippen LogP contribution >= 0.6 is 27.7 Å². The maximum absolute atomic E-state index is 5.70. The molecule has 0 saturated carbocycles. The molecule has 1 heterocycles. The van der Waals surface area contributed by atoms with E-state index in [0.29, 0.717) is 11.9 Å². The Kier molecular flexibility index (Phi) is 4.66. The third-order valence-electron chi connectivity index (χ3n) is 2.20. The fourth-order valence-electron chi connectivity index (χ4n) is 1.18. The molecular formula is C9H15BrN4S. The van der Waals surface area contributed by atoms with Gasteiger partial charge in [0.05, 0.1) is 0 Å². The third kappa shape index (κ3) is 2.98. The van der Waals surface area contributed by atoms with E-state index < -0.39 is 0 Å². The van der Waals surface area contributed by atoms with Gasteiger partial charge in [-0.3, -0.25) is 0 Å². The number of nitrogens with zero attached hydrogens (tertiary/aromatic N) is 3. The SMILES string of the molecule is CSCC(C)N(C)c1ncnc(N)c1Br. The average molecular weight is 291 g/mol. The van der Waals surface area contributed by atoms with Gasteiger partial charge >= 0.3 is 0 Å². The molecule has 0 fully saturated rings. The van der Waals surface area contributed by atoms with Gasteiger partial charge in [-0.2, -0.15) is 11.8 Å². The lowest BCUT2D eigenvalue weighted by Gasteiger charge is -2.26. The van der Waals surface area contributed by atoms with E-state index in [1.165, 1.54) is 6.33 Å². The Balaban J connectivity index is 2.90. The third-order valence-corrected chi connectivity index (χ3v) is 3.78. The fraction of sp³-hybridized carbons (Fsp3) is 0.556. The molecule has 0 radical (unpaired) electrons. The van der Waals surface area contributed by atoms with Crippen molar-refractivity contribution in [3.63, 3.8) is 0 Å². The Morgan fingerprint density at radius 1 is 1.60 bits per heavy atom. The summed E-state index contributed by atoms with van der Waals surface area (Å²) in [5.41, 5.74) is 5.70. The predicted octanol–water partition coefficient (Wildman–Crippen LogP) is 2.01. The first-order valence-corrected chi connectivity index (χ1v) is 6.74. The number of nitrogens with two attached hydrogens (primary N) is 1. The summed E-state index contributed by atoms with van der Waals surface area (Å²) in [5.74, 6) is 2.36. The second-order valence-electron chi connectivity index (χ2n) is 3.31. The summed E-state index contributed by atoms with van der Waals surface area (Å²) in [6.07, 6.45) is 3.57. The largest absolute Gasteiger partial charge is 0.383 e. The Morgan fingerprint density at radius 3 is 2.87 bits per heavy atom. The molecule has 1 unspecified atom stereocenters. The van der Waals surface area contributed by atoms with E-state index in [1.54, 1.807) is 0 Å². The lowest BCUT2D eigenvalue weighted by Crippen LogP contribution is -2.32. The lowest BCUT2D eigenvalue weighted by molar-refractivity contribution is 0.750. The van der Waals surface area contributed by atoms with Crippen LogP contribution in [0.1, 0.15) is 6.92 Å². The number of nitrogen functional groups attached to an aromatic ring is 1. The zero-order valence-electron chi connectivity index (χ0n) is 9.07. The van der Waals surface area contributed by atoms with Crippen molar-refractivity contribution in [3.05, 3.63) is 10.8 Å². The highest BCUT2D eigenvalue weighted by Crippen LogP contribution is 2.28. The second kappa shape index (κ2) is 5.55. The summed E-state index contributed by atoms with van der Waals surface area (Å²) >= 11 is 5.21. The molecule has 0 saturated heterocycles. The quantitative estimate of drug-likeness (QED) is 0.919. The van der Waals surface area contributed by atoms with Gasteiger partial charge in [-0.15, -0.1) is 0 Å². The number of halogens is 1. The maximum Gasteiger partial charge on any atom is 0.148 e. The van der Waals surface area contributed by atoms with E-state index in [2.05, 4.69) is 44.0 Å². The van der Waals surface area contributed by atoms with Crippen LogP contribution in [0.25, 0.3) is 0 Å². The molecular weight excluding hydrogens is 276 g/mol. The van der Waals surface area contributed by atoms with Crippen LogP contribution in [0.2, 0.25) is 0 Å². The molecule has 0 bridgehead atoms. The van der Waals surface area contributed by atoms with Gasteiger partial charge in [-0.25, -0.2) is 9.97 Å². The van der Waals surface area contributed by atoms with Crippen LogP contribution < -0.4 is 10.6 Å². The van der Waals surface area contributed by atoms with Crippen molar-refractivity contribution >= 4 is 39.3 Å². The van der Waals surface area contributed by atoms with Crippen LogP contribution in [0.3, 0.4) is 0 Å². The highest BCUT2D eigenvalue weighted by molar-refractivity contribution is 9.10. The molecule has 1 rings (SSSR count). The van der Waals surface area contributed by atoms with Gasteiger partial charge in [0.2, 0.25) is 0 Å². The van der Waals surface area contributed by atoms with Gasteiger partial charge in [-0.05, 0) is 29.1 Å². The summed E-state index contributed by atoms with van der Waals surface area (Å²) < 4.78 is 0.764. The smallest absolute Gasteiger partial charge is 0.148 e. The van der Waals surface area contributed by atoms with Gasteiger partial charge < -0.3 is 10.6 Å². The van der Waals surface area contributed by atoms with Crippen LogP contribution in [-0.2, 0) is 0 Å². The lowest BCUT2D eigenvalue weighted by atomic mass is 10.3. The van der Waals surface area contributed by atoms with E-state index in [0.717, 1.165) is 16.0 Å². The predicted molar refractivity (Wildman–Crippen MR) is 70.4 cm³/mol. The summed E-state index contributed by atoms with van der Waals surface area (Å²) in [5, 5.41) is 0. The molecule has 1 aromatic rings. The molecule has 0 amide bonds. The van der Waals surface area contributed by atoms with Gasteiger partial charge in [0.1, 0.15) is 22.4 Å². The van der Waals surface area contributed by atoms with Crippen LogP contribution in [-0.4, -0.2) is 35.1 Å². The molecule has 0 spiro atoms. The molecule has 4 nitrogen and oxygen atoms in total. The summed E-state index contributed by atoms with van der Waals surface area (Å²) in [4.78, 5) is 10.2. The standard InChI is InChI=1S/C9H15BrN4S/c1-6(4-15-3)14(2)9-7(10)8(11)12-5-13-9/h5-6H,4H2,1-3H3,(H2,11,12,13). The van der Waals surface area contributed by atoms with Crippen molar-refractivity contribution in [2.75, 3.05) is 29.7 Å². The van der Waals surface area contributed by atoms with Gasteiger partial charge in [-0.1, -0.05) is 0 Å². The monoisotopic (exact) mass is 290 g/mol. The topological polar surface area (TPSA) is 55.0 Å². The molecule has 1 atom stereocenters. The van der Waals surface area contributed by atoms with Crippen LogP contribution in [0.4, 0.5) is 11.6 Å². The number of anilines is 2. The first kappa shape index (κ1) is 12.6. The van der Waals surface area contributed by atoms with Crippen molar-refractivity contribution < 1.29 is 0 Å². The molecule has 0 aromatic carbocycles. The van der Waals surface area contributed by atoms with E-state index in [9.17, 15) is 0 Å². The minimum absolute atomic E-state index is 0.408. The van der Waals surface area contributed by atoms with Crippen molar-refractivity contribution in [1.82, 2.24) is 9.97 Å². The number of rotatable bonds is 4. The number of thioether (sulfide) groups is 1. The van der Waals surface area contributed by atoms with E-state index >= 15 is 0 Å². The first-order valence-electron chi connectivity index (χ1n) is 4.55. The van der Waals surface area contributed by atoms with Crippen molar-refractivity contribution in [2.24, 2.45) is 0 Å². The Hall–Kier alpha value is -0.490. The molecule has 0 aliphatic rings. The normalized spacial score (nSPS) is 12.5. The molecule has 1 aromatic heterocycles. The summed E-state index contributed by atoms with van der Waals surface area (Å²) in [6, 6.07) is 0.408. The van der Waals surface area contributed by atoms with Crippen LogP contribution in [0.15, 0.2) is 10.8 Å². The molecule has 15 heavy (non-hydrogen) atoms. The summed E-state index contributed by atoms with van der Waals surface area (Å²) in [7, 11) is 2.01. The number of hydrogen-bond donors (Lipinski definition) is 1. The molecule has 6 heteroatoms. The highest BCUT2D eigenvalue weighted by Gasteiger charge is 2.15. The maximum atomic E-state index is 5.70. The number of hydrogen-bond acceptors (Lipinski definition) is 5. The highest BCUT2D eigenvalue weighted by atomic mass is 79.9. The summed E-state index contributed by atoms with van der Waals surface area (Å²) in [6.45, 7) is 2.15. The van der Waals surface area contributed by atoms with E-state index in [1.807, 2.05) is 18.8 Å². The average Bonchev–Trinajstić information content (AvgIpc) is 2.21. The molecule has 0 aliphatic carbocycles. The Labute approximate surface area is 103 Å². The molecule has 84 valence electrons. The Bertz CT molecular complexity index is 334. The van der Waals surface area contributed by atoms with E-state index in [-0.39, 0.29) is 0 Å². The first-order chi connectivity index (χ1) is 7.07. The Morgan fingerprint density at radius 2 is 2.27 bits per heavy atom. The zero-order chi connectivity index (χ0) is 11.4. The van der Waals surface area contributed by atoms with E-state index in [4.69, 9.17) is 5.73 Å². The second-order valence-corrected chi connectivity index (χ2v) is 5.02. The fourth-order valence-corrected chi connectivity index (χ4v) is 2.37. The van der Waals surface area contributed by atoms with Crippen LogP contribution in [0.5, 0.6) is 0 Å². The van der Waals surface area contributed by atoms with Crippen molar-refractivity contribution in [3.8, 4) is 0 Å². The van der Waals surface area contributed by atoms with Gasteiger partial charge in [0.15, 0.2) is 0 Å². The van der Waals surface area contributed by atoms with Crippen LogP contribution in [0, 0.1) is 0 Å². The van der Waals surface area contributed by atoms with Crippen molar-refractivity contribution in [1.29, 1.82) is 0 Å². The zero-order valence-corrected chi connectivity index (χ0v) is 11.5. The minimum Gasteiger partial charge on any atom is -0.383 e. The van der Waals surface area contributed by atoms with Gasteiger partial charge in [0, 0.05) is 18.8 Å². The van der Waals surface area contributed by atoms with Gasteiger partial charge in [0.25, 0.3) is 0 Å². The number of aromatic nitrogens is 2. The minimum atomic E-state index is 0.408. The molecule has 2 N–H and O–H groups in total. The van der Waals surface area contributed by atoms with Crippen molar-refractivity contribution in [2.45, 2.75) is 13.0 Å².